The van der Waals surface area contributed by atoms with Gasteiger partial charge in [0.1, 0.15) is 5.75 Å². The SMILES string of the molecule is CC1CCCCN1C(=O)CSCCOc1ccccc1. The number of hydrogen-bond acceptors (Lipinski definition) is 3. The fourth-order valence-electron chi connectivity index (χ4n) is 2.45. The van der Waals surface area contributed by atoms with E-state index < -0.39 is 0 Å². The van der Waals surface area contributed by atoms with E-state index in [0.717, 1.165) is 30.9 Å². The lowest BCUT2D eigenvalue weighted by Gasteiger charge is -2.33. The van der Waals surface area contributed by atoms with E-state index in [1.165, 1.54) is 6.42 Å². The second-order valence-corrected chi connectivity index (χ2v) is 6.25. The molecule has 1 amide bonds. The highest BCUT2D eigenvalue weighted by Crippen LogP contribution is 2.17. The normalized spacial score (nSPS) is 18.9. The van der Waals surface area contributed by atoms with Gasteiger partial charge in [0.15, 0.2) is 0 Å². The lowest BCUT2D eigenvalue weighted by Crippen LogP contribution is -2.43. The van der Waals surface area contributed by atoms with Crippen molar-refractivity contribution in [3.05, 3.63) is 30.3 Å². The summed E-state index contributed by atoms with van der Waals surface area (Å²) in [5, 5.41) is 0. The quantitative estimate of drug-likeness (QED) is 0.754. The van der Waals surface area contributed by atoms with Crippen LogP contribution in [-0.4, -0.2) is 41.5 Å². The van der Waals surface area contributed by atoms with Crippen LogP contribution in [0.4, 0.5) is 0 Å². The van der Waals surface area contributed by atoms with Gasteiger partial charge < -0.3 is 9.64 Å². The molecule has 0 aliphatic carbocycles. The van der Waals surface area contributed by atoms with Gasteiger partial charge in [0.05, 0.1) is 12.4 Å². The molecular weight excluding hydrogens is 270 g/mol. The smallest absolute Gasteiger partial charge is 0.232 e. The summed E-state index contributed by atoms with van der Waals surface area (Å²) in [7, 11) is 0. The molecule has 0 radical (unpaired) electrons. The van der Waals surface area contributed by atoms with Gasteiger partial charge in [0.25, 0.3) is 0 Å². The van der Waals surface area contributed by atoms with E-state index in [0.29, 0.717) is 18.4 Å². The van der Waals surface area contributed by atoms with Gasteiger partial charge >= 0.3 is 0 Å². The summed E-state index contributed by atoms with van der Waals surface area (Å²) in [6, 6.07) is 10.2. The monoisotopic (exact) mass is 293 g/mol. The highest BCUT2D eigenvalue weighted by molar-refractivity contribution is 7.99. The Morgan fingerprint density at radius 3 is 2.90 bits per heavy atom. The predicted octanol–water partition coefficient (Wildman–Crippen LogP) is 3.20. The molecule has 1 aliphatic heterocycles. The lowest BCUT2D eigenvalue weighted by molar-refractivity contribution is -0.131. The maximum absolute atomic E-state index is 12.1. The van der Waals surface area contributed by atoms with Crippen LogP contribution in [0.5, 0.6) is 5.75 Å². The maximum atomic E-state index is 12.1. The van der Waals surface area contributed by atoms with Gasteiger partial charge in [0, 0.05) is 18.3 Å². The van der Waals surface area contributed by atoms with Crippen LogP contribution in [0.3, 0.4) is 0 Å². The fraction of sp³-hybridized carbons (Fsp3) is 0.562. The first kappa shape index (κ1) is 15.2. The zero-order chi connectivity index (χ0) is 14.2. The molecule has 1 aromatic rings. The van der Waals surface area contributed by atoms with Gasteiger partial charge in [-0.2, -0.15) is 0 Å². The Morgan fingerprint density at radius 2 is 2.15 bits per heavy atom. The molecule has 0 saturated carbocycles. The molecule has 4 heteroatoms. The van der Waals surface area contributed by atoms with Crippen LogP contribution in [0.1, 0.15) is 26.2 Å². The van der Waals surface area contributed by atoms with Gasteiger partial charge in [-0.25, -0.2) is 0 Å². The molecule has 110 valence electrons. The average Bonchev–Trinajstić information content (AvgIpc) is 2.48. The van der Waals surface area contributed by atoms with Gasteiger partial charge in [-0.05, 0) is 38.3 Å². The number of amides is 1. The molecule has 1 unspecified atom stereocenters. The fourth-order valence-corrected chi connectivity index (χ4v) is 3.13. The van der Waals surface area contributed by atoms with E-state index in [-0.39, 0.29) is 5.91 Å². The number of para-hydroxylation sites is 1. The van der Waals surface area contributed by atoms with E-state index >= 15 is 0 Å². The number of hydrogen-bond donors (Lipinski definition) is 0. The molecule has 1 heterocycles. The third-order valence-corrected chi connectivity index (χ3v) is 4.49. The van der Waals surface area contributed by atoms with Crippen LogP contribution in [0, 0.1) is 0 Å². The van der Waals surface area contributed by atoms with Crippen LogP contribution in [0.2, 0.25) is 0 Å². The van der Waals surface area contributed by atoms with Gasteiger partial charge in [-0.3, -0.25) is 4.79 Å². The highest BCUT2D eigenvalue weighted by Gasteiger charge is 2.22. The van der Waals surface area contributed by atoms with Crippen molar-refractivity contribution in [1.82, 2.24) is 4.90 Å². The zero-order valence-corrected chi connectivity index (χ0v) is 12.9. The van der Waals surface area contributed by atoms with Crippen molar-refractivity contribution >= 4 is 17.7 Å². The standard InChI is InChI=1S/C16H23NO2S/c1-14-7-5-6-10-17(14)16(18)13-20-12-11-19-15-8-3-2-4-9-15/h2-4,8-9,14H,5-7,10-13H2,1H3. The number of benzene rings is 1. The molecule has 0 aromatic heterocycles. The summed E-state index contributed by atoms with van der Waals surface area (Å²) in [5.41, 5.74) is 0. The Bertz CT molecular complexity index is 410. The number of thioether (sulfide) groups is 1. The molecule has 2 rings (SSSR count). The van der Waals surface area contributed by atoms with E-state index in [4.69, 9.17) is 4.74 Å². The van der Waals surface area contributed by atoms with Crippen LogP contribution in [0.25, 0.3) is 0 Å². The number of carbonyl (C=O) groups excluding carboxylic acids is 1. The summed E-state index contributed by atoms with van der Waals surface area (Å²) >= 11 is 1.66. The Balaban J connectivity index is 1.59. The average molecular weight is 293 g/mol. The Labute approximate surface area is 125 Å². The highest BCUT2D eigenvalue weighted by atomic mass is 32.2. The lowest BCUT2D eigenvalue weighted by atomic mass is 10.0. The predicted molar refractivity (Wildman–Crippen MR) is 84.3 cm³/mol. The van der Waals surface area contributed by atoms with E-state index in [2.05, 4.69) is 6.92 Å². The molecule has 20 heavy (non-hydrogen) atoms. The Hall–Kier alpha value is -1.16. The van der Waals surface area contributed by atoms with Crippen molar-refractivity contribution in [2.75, 3.05) is 24.7 Å². The number of carbonyl (C=O) groups is 1. The third kappa shape index (κ3) is 4.75. The Morgan fingerprint density at radius 1 is 1.35 bits per heavy atom. The molecule has 1 aromatic carbocycles. The van der Waals surface area contributed by atoms with Crippen molar-refractivity contribution < 1.29 is 9.53 Å². The van der Waals surface area contributed by atoms with Crippen molar-refractivity contribution in [2.45, 2.75) is 32.2 Å². The van der Waals surface area contributed by atoms with Crippen molar-refractivity contribution in [3.8, 4) is 5.75 Å². The van der Waals surface area contributed by atoms with Crippen LogP contribution in [-0.2, 0) is 4.79 Å². The third-order valence-electron chi connectivity index (χ3n) is 3.59. The van der Waals surface area contributed by atoms with Crippen molar-refractivity contribution in [1.29, 1.82) is 0 Å². The molecule has 0 N–H and O–H groups in total. The van der Waals surface area contributed by atoms with Crippen LogP contribution >= 0.6 is 11.8 Å². The summed E-state index contributed by atoms with van der Waals surface area (Å²) in [5.74, 6) is 2.59. The summed E-state index contributed by atoms with van der Waals surface area (Å²) in [6.45, 7) is 3.73. The second-order valence-electron chi connectivity index (χ2n) is 5.15. The molecule has 0 spiro atoms. The first-order valence-corrected chi connectivity index (χ1v) is 8.48. The first-order chi connectivity index (χ1) is 9.77. The number of piperidine rings is 1. The molecule has 3 nitrogen and oxygen atoms in total. The first-order valence-electron chi connectivity index (χ1n) is 7.32. The number of likely N-dealkylation sites (tertiary alicyclic amines) is 1. The molecule has 1 aliphatic rings. The maximum Gasteiger partial charge on any atom is 0.232 e. The minimum Gasteiger partial charge on any atom is -0.493 e. The van der Waals surface area contributed by atoms with Gasteiger partial charge in [-0.1, -0.05) is 18.2 Å². The summed E-state index contributed by atoms with van der Waals surface area (Å²) < 4.78 is 5.61. The second kappa shape index (κ2) is 8.20. The van der Waals surface area contributed by atoms with Gasteiger partial charge in [0.2, 0.25) is 5.91 Å². The number of nitrogens with zero attached hydrogens (tertiary/aromatic N) is 1. The summed E-state index contributed by atoms with van der Waals surface area (Å²) in [6.07, 6.45) is 3.55. The van der Waals surface area contributed by atoms with Crippen LogP contribution < -0.4 is 4.74 Å². The minimum atomic E-state index is 0.280. The number of ether oxygens (including phenoxy) is 1. The number of rotatable bonds is 6. The zero-order valence-electron chi connectivity index (χ0n) is 12.1. The summed E-state index contributed by atoms with van der Waals surface area (Å²) in [4.78, 5) is 14.1. The molecule has 1 saturated heterocycles. The molecular formula is C16H23NO2S. The van der Waals surface area contributed by atoms with Gasteiger partial charge in [-0.15, -0.1) is 11.8 Å². The molecule has 0 bridgehead atoms. The Kier molecular flexibility index (Phi) is 6.25. The van der Waals surface area contributed by atoms with Crippen LogP contribution in [0.15, 0.2) is 30.3 Å². The minimum absolute atomic E-state index is 0.280. The molecule has 1 fully saturated rings. The largest absolute Gasteiger partial charge is 0.493 e. The van der Waals surface area contributed by atoms with Crippen molar-refractivity contribution in [2.24, 2.45) is 0 Å². The van der Waals surface area contributed by atoms with Crippen molar-refractivity contribution in [3.63, 3.8) is 0 Å². The molecule has 1 atom stereocenters. The van der Waals surface area contributed by atoms with E-state index in [9.17, 15) is 4.79 Å². The van der Waals surface area contributed by atoms with E-state index in [1.54, 1.807) is 11.8 Å². The topological polar surface area (TPSA) is 29.5 Å². The van der Waals surface area contributed by atoms with E-state index in [1.807, 2.05) is 35.2 Å².